The van der Waals surface area contributed by atoms with E-state index in [1.807, 2.05) is 35.4 Å². The molecule has 2 aromatic heterocycles. The SMILES string of the molecule is COc1cc(C(=O)N2CCC(N3CCN(C)CC3)CC2)ccc1Nc1ncc2c(n1)-c1cccn1CC2.Cl. The number of amides is 1. The number of rotatable bonds is 5. The molecule has 3 aliphatic heterocycles. The zero-order valence-electron chi connectivity index (χ0n) is 22.1. The number of hydrogen-bond donors (Lipinski definition) is 1. The molecule has 2 fully saturated rings. The lowest BCUT2D eigenvalue weighted by Crippen LogP contribution is -2.52. The minimum absolute atomic E-state index is 0. The van der Waals surface area contributed by atoms with Crippen LogP contribution in [0.1, 0.15) is 28.8 Å². The van der Waals surface area contributed by atoms with E-state index in [-0.39, 0.29) is 18.3 Å². The summed E-state index contributed by atoms with van der Waals surface area (Å²) in [6.07, 6.45) is 6.97. The van der Waals surface area contributed by atoms with Gasteiger partial charge in [-0.1, -0.05) is 0 Å². The van der Waals surface area contributed by atoms with Crippen molar-refractivity contribution in [3.05, 3.63) is 53.9 Å². The van der Waals surface area contributed by atoms with Gasteiger partial charge in [-0.3, -0.25) is 9.69 Å². The molecule has 0 radical (unpaired) electrons. The number of aromatic nitrogens is 3. The molecule has 5 heterocycles. The summed E-state index contributed by atoms with van der Waals surface area (Å²) in [5.41, 5.74) is 4.60. The fourth-order valence-corrected chi connectivity index (χ4v) is 5.79. The molecule has 38 heavy (non-hydrogen) atoms. The molecular formula is C28H36ClN7O2. The van der Waals surface area contributed by atoms with Gasteiger partial charge in [0.25, 0.3) is 5.91 Å². The van der Waals surface area contributed by atoms with E-state index < -0.39 is 0 Å². The predicted octanol–water partition coefficient (Wildman–Crippen LogP) is 3.53. The van der Waals surface area contributed by atoms with Crippen molar-refractivity contribution in [2.24, 2.45) is 0 Å². The van der Waals surface area contributed by atoms with Crippen LogP contribution in [0, 0.1) is 0 Å². The molecule has 1 aromatic carbocycles. The number of fused-ring (bicyclic) bond motifs is 3. The van der Waals surface area contributed by atoms with Gasteiger partial charge >= 0.3 is 0 Å². The van der Waals surface area contributed by atoms with Gasteiger partial charge < -0.3 is 24.4 Å². The van der Waals surface area contributed by atoms with E-state index in [1.165, 1.54) is 0 Å². The first-order valence-corrected chi connectivity index (χ1v) is 13.3. The third-order valence-corrected chi connectivity index (χ3v) is 8.06. The lowest BCUT2D eigenvalue weighted by Gasteiger charge is -2.42. The van der Waals surface area contributed by atoms with Gasteiger partial charge in [-0.25, -0.2) is 9.97 Å². The van der Waals surface area contributed by atoms with E-state index in [9.17, 15) is 4.79 Å². The van der Waals surface area contributed by atoms with Crippen LogP contribution in [-0.4, -0.2) is 94.6 Å². The molecule has 1 amide bonds. The van der Waals surface area contributed by atoms with E-state index in [1.54, 1.807) is 7.11 Å². The maximum atomic E-state index is 13.3. The Balaban J connectivity index is 0.00000294. The topological polar surface area (TPSA) is 78.8 Å². The number of piperidine rings is 1. The van der Waals surface area contributed by atoms with Crippen molar-refractivity contribution in [1.82, 2.24) is 29.2 Å². The van der Waals surface area contributed by atoms with E-state index in [0.717, 1.165) is 87.7 Å². The maximum absolute atomic E-state index is 13.3. The molecule has 3 aliphatic rings. The standard InChI is InChI=1S/C28H35N7O2.ClH/c1-32-14-16-33(17-15-32)22-8-12-35(13-9-22)27(36)20-5-6-23(25(18-20)37-2)30-28-29-19-21-7-11-34-10-3-4-24(34)26(21)31-28;/h3-6,10,18-19,22H,7-9,11-17H2,1-2H3,(H,29,30,31);1H. The summed E-state index contributed by atoms with van der Waals surface area (Å²) in [6.45, 7) is 7.05. The number of nitrogens with one attached hydrogen (secondary N) is 1. The van der Waals surface area contributed by atoms with Crippen molar-refractivity contribution in [2.45, 2.75) is 31.8 Å². The Morgan fingerprint density at radius 3 is 2.61 bits per heavy atom. The summed E-state index contributed by atoms with van der Waals surface area (Å²) in [4.78, 5) is 29.6. The summed E-state index contributed by atoms with van der Waals surface area (Å²) >= 11 is 0. The molecule has 0 atom stereocenters. The molecule has 0 saturated carbocycles. The molecule has 3 aromatic rings. The highest BCUT2D eigenvalue weighted by Gasteiger charge is 2.29. The second-order valence-electron chi connectivity index (χ2n) is 10.3. The number of piperazine rings is 1. The number of ether oxygens (including phenoxy) is 1. The largest absolute Gasteiger partial charge is 0.495 e. The molecule has 0 unspecified atom stereocenters. The molecule has 2 saturated heterocycles. The smallest absolute Gasteiger partial charge is 0.253 e. The molecule has 0 spiro atoms. The number of halogens is 1. The quantitative estimate of drug-likeness (QED) is 0.533. The molecule has 0 bridgehead atoms. The lowest BCUT2D eigenvalue weighted by molar-refractivity contribution is 0.0518. The Bertz CT molecular complexity index is 1280. The molecule has 10 heteroatoms. The number of benzene rings is 1. The van der Waals surface area contributed by atoms with Crippen LogP contribution in [0.5, 0.6) is 5.75 Å². The van der Waals surface area contributed by atoms with Gasteiger partial charge in [0, 0.05) is 75.4 Å². The predicted molar refractivity (Wildman–Crippen MR) is 151 cm³/mol. The van der Waals surface area contributed by atoms with Gasteiger partial charge in [0.2, 0.25) is 5.95 Å². The Kier molecular flexibility index (Phi) is 7.88. The summed E-state index contributed by atoms with van der Waals surface area (Å²) in [7, 11) is 3.81. The van der Waals surface area contributed by atoms with E-state index in [2.05, 4.69) is 44.0 Å². The van der Waals surface area contributed by atoms with E-state index in [4.69, 9.17) is 9.72 Å². The second-order valence-corrected chi connectivity index (χ2v) is 10.3. The normalized spacial score (nSPS) is 18.3. The maximum Gasteiger partial charge on any atom is 0.253 e. The van der Waals surface area contributed by atoms with Crippen molar-refractivity contribution in [3.8, 4) is 17.1 Å². The number of likely N-dealkylation sites (tertiary alicyclic amines) is 1. The number of aryl methyl sites for hydroxylation is 2. The van der Waals surface area contributed by atoms with Crippen molar-refractivity contribution < 1.29 is 9.53 Å². The number of carbonyl (C=O) groups is 1. The average molecular weight is 538 g/mol. The van der Waals surface area contributed by atoms with Crippen LogP contribution < -0.4 is 10.1 Å². The molecule has 6 rings (SSSR count). The summed E-state index contributed by atoms with van der Waals surface area (Å²) in [5, 5.41) is 3.30. The Hall–Kier alpha value is -3.14. The first-order chi connectivity index (χ1) is 18.1. The molecule has 9 nitrogen and oxygen atoms in total. The number of methoxy groups -OCH3 is 1. The number of anilines is 2. The summed E-state index contributed by atoms with van der Waals surface area (Å²) in [5.74, 6) is 1.17. The van der Waals surface area contributed by atoms with Crippen LogP contribution in [0.2, 0.25) is 0 Å². The van der Waals surface area contributed by atoms with Crippen LogP contribution in [-0.2, 0) is 13.0 Å². The number of hydrogen-bond acceptors (Lipinski definition) is 7. The average Bonchev–Trinajstić information content (AvgIpc) is 3.43. The van der Waals surface area contributed by atoms with Gasteiger partial charge in [-0.2, -0.15) is 0 Å². The highest BCUT2D eigenvalue weighted by Crippen LogP contribution is 2.32. The number of likely N-dealkylation sites (N-methyl/N-ethyl adjacent to an activating group) is 1. The Labute approximate surface area is 230 Å². The van der Waals surface area contributed by atoms with E-state index in [0.29, 0.717) is 23.3 Å². The highest BCUT2D eigenvalue weighted by atomic mass is 35.5. The Morgan fingerprint density at radius 2 is 1.84 bits per heavy atom. The minimum atomic E-state index is 0. The van der Waals surface area contributed by atoms with Gasteiger partial charge in [0.05, 0.1) is 24.2 Å². The number of nitrogens with zero attached hydrogens (tertiary/aromatic N) is 6. The first kappa shape index (κ1) is 26.5. The fraction of sp³-hybridized carbons (Fsp3) is 0.464. The molecular weight excluding hydrogens is 502 g/mol. The summed E-state index contributed by atoms with van der Waals surface area (Å²) in [6, 6.07) is 10.3. The van der Waals surface area contributed by atoms with Crippen LogP contribution in [0.4, 0.5) is 11.6 Å². The van der Waals surface area contributed by atoms with Crippen LogP contribution >= 0.6 is 12.4 Å². The van der Waals surface area contributed by atoms with E-state index >= 15 is 0 Å². The van der Waals surface area contributed by atoms with Gasteiger partial charge in [0.1, 0.15) is 5.75 Å². The van der Waals surface area contributed by atoms with Crippen molar-refractivity contribution in [1.29, 1.82) is 0 Å². The number of carbonyl (C=O) groups excluding carboxylic acids is 1. The third kappa shape index (κ3) is 5.23. The second kappa shape index (κ2) is 11.3. The van der Waals surface area contributed by atoms with Gasteiger partial charge in [-0.15, -0.1) is 12.4 Å². The van der Waals surface area contributed by atoms with Crippen LogP contribution in [0.15, 0.2) is 42.7 Å². The van der Waals surface area contributed by atoms with Crippen molar-refractivity contribution >= 4 is 29.9 Å². The molecule has 1 N–H and O–H groups in total. The first-order valence-electron chi connectivity index (χ1n) is 13.3. The van der Waals surface area contributed by atoms with Gasteiger partial charge in [0.15, 0.2) is 0 Å². The third-order valence-electron chi connectivity index (χ3n) is 8.06. The Morgan fingerprint density at radius 1 is 1.05 bits per heavy atom. The highest BCUT2D eigenvalue weighted by molar-refractivity contribution is 5.95. The summed E-state index contributed by atoms with van der Waals surface area (Å²) < 4.78 is 7.87. The monoisotopic (exact) mass is 537 g/mol. The molecule has 202 valence electrons. The van der Waals surface area contributed by atoms with Crippen molar-refractivity contribution in [2.75, 3.05) is 58.7 Å². The van der Waals surface area contributed by atoms with Crippen LogP contribution in [0.3, 0.4) is 0 Å². The zero-order valence-corrected chi connectivity index (χ0v) is 22.9. The minimum Gasteiger partial charge on any atom is -0.495 e. The zero-order chi connectivity index (χ0) is 25.4. The fourth-order valence-electron chi connectivity index (χ4n) is 5.79. The van der Waals surface area contributed by atoms with Crippen LogP contribution in [0.25, 0.3) is 11.4 Å². The van der Waals surface area contributed by atoms with Gasteiger partial charge in [-0.05, 0) is 56.6 Å². The molecule has 0 aliphatic carbocycles. The lowest BCUT2D eigenvalue weighted by atomic mass is 10.0. The van der Waals surface area contributed by atoms with Crippen molar-refractivity contribution in [3.63, 3.8) is 0 Å².